The van der Waals surface area contributed by atoms with Crippen molar-refractivity contribution < 1.29 is 9.53 Å². The van der Waals surface area contributed by atoms with Crippen LogP contribution in [0, 0.1) is 0 Å². The van der Waals surface area contributed by atoms with Gasteiger partial charge < -0.3 is 15.4 Å². The Balaban J connectivity index is 1.79. The van der Waals surface area contributed by atoms with Crippen molar-refractivity contribution in [3.8, 4) is 5.69 Å². The number of nitrogens with zero attached hydrogens (tertiary/aromatic N) is 4. The van der Waals surface area contributed by atoms with Crippen LogP contribution in [0.25, 0.3) is 27.9 Å². The molecule has 7 heteroatoms. The summed E-state index contributed by atoms with van der Waals surface area (Å²) in [5, 5.41) is 0. The normalized spacial score (nSPS) is 11.3. The van der Waals surface area contributed by atoms with Crippen LogP contribution in [0.2, 0.25) is 0 Å². The van der Waals surface area contributed by atoms with Crippen molar-refractivity contribution in [2.45, 2.75) is 46.5 Å². The Morgan fingerprint density at radius 1 is 0.941 bits per heavy atom. The van der Waals surface area contributed by atoms with Crippen molar-refractivity contribution in [3.05, 3.63) is 54.1 Å². The van der Waals surface area contributed by atoms with E-state index in [9.17, 15) is 4.79 Å². The zero-order valence-corrected chi connectivity index (χ0v) is 20.3. The summed E-state index contributed by atoms with van der Waals surface area (Å²) in [4.78, 5) is 25.0. The van der Waals surface area contributed by atoms with Crippen molar-refractivity contribution in [1.29, 1.82) is 0 Å². The molecule has 0 aliphatic heterocycles. The molecule has 178 valence electrons. The number of nitrogen functional groups attached to an aromatic ring is 1. The molecule has 0 aliphatic rings. The molecule has 0 spiro atoms. The van der Waals surface area contributed by atoms with Crippen molar-refractivity contribution in [2.24, 2.45) is 0 Å². The van der Waals surface area contributed by atoms with Gasteiger partial charge in [-0.15, -0.1) is 0 Å². The Morgan fingerprint density at radius 2 is 1.62 bits per heavy atom. The number of carbonyl (C=O) groups excluding carboxylic acids is 1. The first kappa shape index (κ1) is 23.5. The van der Waals surface area contributed by atoms with Gasteiger partial charge in [-0.25, -0.2) is 14.8 Å². The van der Waals surface area contributed by atoms with Crippen molar-refractivity contribution in [3.63, 3.8) is 0 Å². The van der Waals surface area contributed by atoms with E-state index in [0.717, 1.165) is 55.7 Å². The van der Waals surface area contributed by atoms with Crippen LogP contribution in [0.1, 0.15) is 56.8 Å². The Kier molecular flexibility index (Phi) is 7.30. The van der Waals surface area contributed by atoms with Crippen molar-refractivity contribution in [2.75, 3.05) is 30.3 Å². The van der Waals surface area contributed by atoms with Crippen LogP contribution in [0.5, 0.6) is 0 Å². The van der Waals surface area contributed by atoms with E-state index in [1.165, 1.54) is 0 Å². The largest absolute Gasteiger partial charge is 0.462 e. The topological polar surface area (TPSA) is 86.3 Å². The number of carbonyl (C=O) groups is 1. The number of ether oxygens (including phenoxy) is 1. The Hall–Kier alpha value is -3.61. The lowest BCUT2D eigenvalue weighted by atomic mass is 10.2. The highest BCUT2D eigenvalue weighted by atomic mass is 16.5. The van der Waals surface area contributed by atoms with E-state index in [-0.39, 0.29) is 5.56 Å². The molecule has 4 rings (SSSR count). The summed E-state index contributed by atoms with van der Waals surface area (Å²) < 4.78 is 7.40. The first-order valence-corrected chi connectivity index (χ1v) is 12.2. The summed E-state index contributed by atoms with van der Waals surface area (Å²) in [6.07, 6.45) is 4.12. The van der Waals surface area contributed by atoms with Gasteiger partial charge in [0.05, 0.1) is 17.6 Å². The molecule has 2 N–H and O–H groups in total. The van der Waals surface area contributed by atoms with Crippen LogP contribution in [-0.2, 0) is 4.74 Å². The molecule has 0 atom stereocenters. The van der Waals surface area contributed by atoms with E-state index in [2.05, 4.69) is 37.8 Å². The third-order valence-corrected chi connectivity index (χ3v) is 6.17. The second-order valence-corrected chi connectivity index (χ2v) is 8.37. The van der Waals surface area contributed by atoms with Gasteiger partial charge in [0.25, 0.3) is 0 Å². The molecule has 2 heterocycles. The SMILES string of the molecule is CCCCCCOC(=O)c1c(N)n(-c2ccc(N(CC)CC)cc2)c2nc3ccccc3nc12. The van der Waals surface area contributed by atoms with E-state index < -0.39 is 5.97 Å². The molecule has 0 aliphatic carbocycles. The highest BCUT2D eigenvalue weighted by Crippen LogP contribution is 2.32. The second kappa shape index (κ2) is 10.5. The highest BCUT2D eigenvalue weighted by Gasteiger charge is 2.26. The number of unbranched alkanes of at least 4 members (excludes halogenated alkanes) is 3. The minimum absolute atomic E-state index is 0.275. The summed E-state index contributed by atoms with van der Waals surface area (Å²) in [6.45, 7) is 8.64. The average Bonchev–Trinajstić information content (AvgIpc) is 3.14. The molecule has 2 aromatic carbocycles. The van der Waals surface area contributed by atoms with Gasteiger partial charge in [0.1, 0.15) is 16.9 Å². The molecule has 0 amide bonds. The minimum atomic E-state index is -0.456. The summed E-state index contributed by atoms with van der Waals surface area (Å²) in [7, 11) is 0. The van der Waals surface area contributed by atoms with Gasteiger partial charge >= 0.3 is 5.97 Å². The number of hydrogen-bond donors (Lipinski definition) is 1. The molecule has 0 unspecified atom stereocenters. The Morgan fingerprint density at radius 3 is 2.26 bits per heavy atom. The number of hydrogen-bond acceptors (Lipinski definition) is 6. The number of fused-ring (bicyclic) bond motifs is 2. The van der Waals surface area contributed by atoms with Crippen LogP contribution in [0.15, 0.2) is 48.5 Å². The molecule has 0 radical (unpaired) electrons. The highest BCUT2D eigenvalue weighted by molar-refractivity contribution is 6.09. The van der Waals surface area contributed by atoms with Crippen LogP contribution >= 0.6 is 0 Å². The van der Waals surface area contributed by atoms with Gasteiger partial charge in [-0.3, -0.25) is 4.57 Å². The lowest BCUT2D eigenvalue weighted by Gasteiger charge is -2.21. The monoisotopic (exact) mass is 459 g/mol. The predicted molar refractivity (Wildman–Crippen MR) is 139 cm³/mol. The van der Waals surface area contributed by atoms with Crippen LogP contribution < -0.4 is 10.6 Å². The smallest absolute Gasteiger partial charge is 0.344 e. The summed E-state index contributed by atoms with van der Waals surface area (Å²) in [6, 6.07) is 15.7. The quantitative estimate of drug-likeness (QED) is 0.240. The predicted octanol–water partition coefficient (Wildman–Crippen LogP) is 5.74. The molecule has 0 fully saturated rings. The number of esters is 1. The van der Waals surface area contributed by atoms with E-state index in [1.54, 1.807) is 4.57 Å². The molecule has 2 aromatic heterocycles. The first-order chi connectivity index (χ1) is 16.6. The van der Waals surface area contributed by atoms with Gasteiger partial charge in [0.15, 0.2) is 5.65 Å². The van der Waals surface area contributed by atoms with Gasteiger partial charge in [-0.05, 0) is 56.7 Å². The molecular weight excluding hydrogens is 426 g/mol. The maximum absolute atomic E-state index is 13.1. The van der Waals surface area contributed by atoms with E-state index >= 15 is 0 Å². The zero-order valence-electron chi connectivity index (χ0n) is 20.3. The number of anilines is 2. The molecule has 4 aromatic rings. The first-order valence-electron chi connectivity index (χ1n) is 12.2. The molecule has 34 heavy (non-hydrogen) atoms. The maximum Gasteiger partial charge on any atom is 0.344 e. The van der Waals surface area contributed by atoms with Crippen LogP contribution in [0.4, 0.5) is 11.5 Å². The molecule has 7 nitrogen and oxygen atoms in total. The zero-order chi connectivity index (χ0) is 24.1. The number of rotatable bonds is 10. The fraction of sp³-hybridized carbons (Fsp3) is 0.370. The summed E-state index contributed by atoms with van der Waals surface area (Å²) in [5.74, 6) is -0.165. The number of para-hydroxylation sites is 2. The summed E-state index contributed by atoms with van der Waals surface area (Å²) in [5.41, 5.74) is 11.3. The molecule has 0 saturated heterocycles. The number of aromatic nitrogens is 3. The van der Waals surface area contributed by atoms with E-state index in [0.29, 0.717) is 29.1 Å². The lowest BCUT2D eigenvalue weighted by molar-refractivity contribution is 0.0501. The lowest BCUT2D eigenvalue weighted by Crippen LogP contribution is -2.21. The van der Waals surface area contributed by atoms with Gasteiger partial charge in [-0.1, -0.05) is 38.3 Å². The Bertz CT molecular complexity index is 1280. The number of benzene rings is 2. The number of nitrogens with two attached hydrogens (primary N) is 1. The maximum atomic E-state index is 13.1. The van der Waals surface area contributed by atoms with Crippen molar-refractivity contribution >= 4 is 39.7 Å². The van der Waals surface area contributed by atoms with Crippen molar-refractivity contribution in [1.82, 2.24) is 14.5 Å². The third kappa shape index (κ3) is 4.55. The van der Waals surface area contributed by atoms with E-state index in [1.807, 2.05) is 36.4 Å². The fourth-order valence-electron chi connectivity index (χ4n) is 4.29. The average molecular weight is 460 g/mol. The standard InChI is InChI=1S/C27H33N5O2/c1-4-7-8-11-18-34-27(33)23-24-26(30-22-13-10-9-12-21(22)29-24)32(25(23)28)20-16-14-19(15-17-20)31(5-2)6-3/h9-10,12-17H,4-8,11,18,28H2,1-3H3. The Labute approximate surface area is 200 Å². The van der Waals surface area contributed by atoms with Crippen LogP contribution in [0.3, 0.4) is 0 Å². The van der Waals surface area contributed by atoms with Crippen LogP contribution in [-0.4, -0.2) is 40.2 Å². The second-order valence-electron chi connectivity index (χ2n) is 8.37. The fourth-order valence-corrected chi connectivity index (χ4v) is 4.29. The molecular formula is C27H33N5O2. The molecule has 0 saturated carbocycles. The minimum Gasteiger partial charge on any atom is -0.462 e. The summed E-state index contributed by atoms with van der Waals surface area (Å²) >= 11 is 0. The van der Waals surface area contributed by atoms with Gasteiger partial charge in [-0.2, -0.15) is 0 Å². The molecule has 0 bridgehead atoms. The van der Waals surface area contributed by atoms with Gasteiger partial charge in [0.2, 0.25) is 0 Å². The van der Waals surface area contributed by atoms with E-state index in [4.69, 9.17) is 20.4 Å². The third-order valence-electron chi connectivity index (χ3n) is 6.17. The van der Waals surface area contributed by atoms with Gasteiger partial charge in [0, 0.05) is 24.5 Å².